The number of aromatic nitrogens is 4. The van der Waals surface area contributed by atoms with E-state index in [1.165, 1.54) is 0 Å². The van der Waals surface area contributed by atoms with Gasteiger partial charge in [0.25, 0.3) is 0 Å². The molecule has 0 saturated carbocycles. The van der Waals surface area contributed by atoms with Gasteiger partial charge in [-0.1, -0.05) is 6.07 Å². The van der Waals surface area contributed by atoms with Crippen LogP contribution < -0.4 is 5.32 Å². The van der Waals surface area contributed by atoms with Gasteiger partial charge in [0, 0.05) is 25.2 Å². The molecule has 1 aliphatic rings. The molecule has 3 heterocycles. The van der Waals surface area contributed by atoms with E-state index in [9.17, 15) is 0 Å². The van der Waals surface area contributed by atoms with Crippen LogP contribution in [-0.4, -0.2) is 25.8 Å². The van der Waals surface area contributed by atoms with Gasteiger partial charge in [-0.2, -0.15) is 5.10 Å². The van der Waals surface area contributed by atoms with Crippen LogP contribution in [0.25, 0.3) is 0 Å². The van der Waals surface area contributed by atoms with Crippen molar-refractivity contribution in [3.05, 3.63) is 41.7 Å². The Morgan fingerprint density at radius 2 is 2.39 bits per heavy atom. The molecule has 0 unspecified atom stereocenters. The normalized spacial score (nSPS) is 18.6. The average molecular weight is 243 g/mol. The summed E-state index contributed by atoms with van der Waals surface area (Å²) in [5, 5.41) is 7.94. The molecule has 0 aliphatic carbocycles. The van der Waals surface area contributed by atoms with Crippen LogP contribution in [0, 0.1) is 6.92 Å². The van der Waals surface area contributed by atoms with Crippen molar-refractivity contribution in [1.29, 1.82) is 0 Å². The third-order valence-electron chi connectivity index (χ3n) is 3.26. The summed E-state index contributed by atoms with van der Waals surface area (Å²) < 4.78 is 2.02. The molecule has 94 valence electrons. The second kappa shape index (κ2) is 4.86. The number of hydrogen-bond donors (Lipinski definition) is 1. The fraction of sp³-hybridized carbons (Fsp3) is 0.462. The van der Waals surface area contributed by atoms with Gasteiger partial charge in [-0.05, 0) is 25.5 Å². The zero-order chi connectivity index (χ0) is 12.4. The van der Waals surface area contributed by atoms with Crippen LogP contribution >= 0.6 is 0 Å². The highest BCUT2D eigenvalue weighted by Gasteiger charge is 2.20. The summed E-state index contributed by atoms with van der Waals surface area (Å²) >= 11 is 0. The minimum Gasteiger partial charge on any atom is -0.307 e. The lowest BCUT2D eigenvalue weighted by atomic mass is 10.1. The topological polar surface area (TPSA) is 55.6 Å². The molecule has 0 aromatic carbocycles. The minimum atomic E-state index is 0.459. The molecule has 2 aromatic rings. The van der Waals surface area contributed by atoms with Gasteiger partial charge in [0.1, 0.15) is 11.6 Å². The Kier molecular flexibility index (Phi) is 3.06. The molecular formula is C13H17N5. The molecule has 0 saturated heterocycles. The predicted molar refractivity (Wildman–Crippen MR) is 67.9 cm³/mol. The monoisotopic (exact) mass is 243 g/mol. The number of nitrogens with one attached hydrogen (secondary N) is 1. The minimum absolute atomic E-state index is 0.459. The van der Waals surface area contributed by atoms with Gasteiger partial charge in [0.2, 0.25) is 0 Å². The van der Waals surface area contributed by atoms with E-state index in [2.05, 4.69) is 20.4 Å². The largest absolute Gasteiger partial charge is 0.307 e. The molecular weight excluding hydrogens is 226 g/mol. The molecule has 3 rings (SSSR count). The Hall–Kier alpha value is -1.75. The Labute approximate surface area is 106 Å². The van der Waals surface area contributed by atoms with Crippen LogP contribution in [0.15, 0.2) is 24.4 Å². The maximum atomic E-state index is 4.42. The number of pyridine rings is 1. The predicted octanol–water partition coefficient (Wildman–Crippen LogP) is 1.09. The van der Waals surface area contributed by atoms with Crippen LogP contribution in [0.2, 0.25) is 0 Å². The first-order valence-corrected chi connectivity index (χ1v) is 6.35. The summed E-state index contributed by atoms with van der Waals surface area (Å²) in [6.45, 7) is 3.67. The van der Waals surface area contributed by atoms with Gasteiger partial charge in [0.05, 0.1) is 12.2 Å². The van der Waals surface area contributed by atoms with Gasteiger partial charge >= 0.3 is 0 Å². The van der Waals surface area contributed by atoms with Crippen molar-refractivity contribution in [2.75, 3.05) is 0 Å². The lowest BCUT2D eigenvalue weighted by molar-refractivity contribution is 0.356. The van der Waals surface area contributed by atoms with Crippen LogP contribution in [-0.2, 0) is 19.5 Å². The van der Waals surface area contributed by atoms with Gasteiger partial charge in [-0.3, -0.25) is 4.98 Å². The van der Waals surface area contributed by atoms with Crippen LogP contribution in [0.1, 0.15) is 23.8 Å². The van der Waals surface area contributed by atoms with Crippen LogP contribution in [0.5, 0.6) is 0 Å². The molecule has 18 heavy (non-hydrogen) atoms. The zero-order valence-electron chi connectivity index (χ0n) is 10.5. The van der Waals surface area contributed by atoms with E-state index in [1.54, 1.807) is 0 Å². The lowest BCUT2D eigenvalue weighted by Gasteiger charge is -2.23. The quantitative estimate of drug-likeness (QED) is 0.876. The highest BCUT2D eigenvalue weighted by Crippen LogP contribution is 2.13. The summed E-state index contributed by atoms with van der Waals surface area (Å²) in [4.78, 5) is 8.73. The number of aryl methyl sites for hydroxylation is 2. The van der Waals surface area contributed by atoms with Gasteiger partial charge in [-0.15, -0.1) is 0 Å². The highest BCUT2D eigenvalue weighted by atomic mass is 15.4. The summed E-state index contributed by atoms with van der Waals surface area (Å²) in [6.07, 6.45) is 3.95. The second-order valence-corrected chi connectivity index (χ2v) is 4.69. The van der Waals surface area contributed by atoms with E-state index < -0.39 is 0 Å². The van der Waals surface area contributed by atoms with Crippen molar-refractivity contribution in [3.63, 3.8) is 0 Å². The summed E-state index contributed by atoms with van der Waals surface area (Å²) in [7, 11) is 0. The van der Waals surface area contributed by atoms with Crippen molar-refractivity contribution >= 4 is 0 Å². The second-order valence-electron chi connectivity index (χ2n) is 4.69. The first-order chi connectivity index (χ1) is 8.81. The van der Waals surface area contributed by atoms with Crippen molar-refractivity contribution < 1.29 is 0 Å². The fourth-order valence-electron chi connectivity index (χ4n) is 2.35. The lowest BCUT2D eigenvalue weighted by Crippen LogP contribution is -2.37. The number of fused-ring (bicyclic) bond motifs is 1. The van der Waals surface area contributed by atoms with E-state index in [0.29, 0.717) is 6.04 Å². The summed E-state index contributed by atoms with van der Waals surface area (Å²) in [5.41, 5.74) is 1.08. The van der Waals surface area contributed by atoms with E-state index >= 15 is 0 Å². The molecule has 0 bridgehead atoms. The smallest absolute Gasteiger partial charge is 0.147 e. The van der Waals surface area contributed by atoms with Gasteiger partial charge in [-0.25, -0.2) is 9.67 Å². The zero-order valence-corrected chi connectivity index (χ0v) is 10.5. The molecule has 0 radical (unpaired) electrons. The van der Waals surface area contributed by atoms with E-state index in [0.717, 1.165) is 43.3 Å². The number of hydrogen-bond acceptors (Lipinski definition) is 4. The molecule has 0 fully saturated rings. The molecule has 5 heteroatoms. The van der Waals surface area contributed by atoms with Crippen molar-refractivity contribution in [3.8, 4) is 0 Å². The van der Waals surface area contributed by atoms with Crippen molar-refractivity contribution in [2.45, 2.75) is 38.9 Å². The first-order valence-electron chi connectivity index (χ1n) is 6.35. The maximum Gasteiger partial charge on any atom is 0.147 e. The summed E-state index contributed by atoms with van der Waals surface area (Å²) in [5.74, 6) is 1.98. The Bertz CT molecular complexity index is 519. The molecule has 1 N–H and O–H groups in total. The van der Waals surface area contributed by atoms with E-state index in [4.69, 9.17) is 0 Å². The van der Waals surface area contributed by atoms with Crippen molar-refractivity contribution in [1.82, 2.24) is 25.1 Å². The van der Waals surface area contributed by atoms with Crippen LogP contribution in [0.4, 0.5) is 0 Å². The molecule has 1 aliphatic heterocycles. The fourth-order valence-corrected chi connectivity index (χ4v) is 2.35. The van der Waals surface area contributed by atoms with E-state index in [1.807, 2.05) is 36.0 Å². The number of rotatable bonds is 3. The molecule has 2 aromatic heterocycles. The standard InChI is InChI=1S/C13H17N5/c1-10-16-13-6-5-12(9-18(13)17-10)15-8-11-4-2-3-7-14-11/h2-4,7,12,15H,5-6,8-9H2,1H3/t12-/m0/s1. The average Bonchev–Trinajstić information content (AvgIpc) is 2.77. The van der Waals surface area contributed by atoms with Gasteiger partial charge in [0.15, 0.2) is 0 Å². The Balaban J connectivity index is 1.60. The number of nitrogens with zero attached hydrogens (tertiary/aromatic N) is 4. The van der Waals surface area contributed by atoms with Crippen LogP contribution in [0.3, 0.4) is 0 Å². The SMILES string of the molecule is Cc1nc2n(n1)C[C@@H](NCc1ccccn1)CC2. The van der Waals surface area contributed by atoms with E-state index in [-0.39, 0.29) is 0 Å². The Morgan fingerprint density at radius 1 is 1.44 bits per heavy atom. The van der Waals surface area contributed by atoms with Gasteiger partial charge < -0.3 is 5.32 Å². The van der Waals surface area contributed by atoms with Crippen molar-refractivity contribution in [2.24, 2.45) is 0 Å². The third-order valence-corrected chi connectivity index (χ3v) is 3.26. The molecule has 0 amide bonds. The third kappa shape index (κ3) is 2.41. The summed E-state index contributed by atoms with van der Waals surface area (Å²) in [6, 6.07) is 6.46. The first kappa shape index (κ1) is 11.3. The molecule has 5 nitrogen and oxygen atoms in total. The Morgan fingerprint density at radius 3 is 3.22 bits per heavy atom. The maximum absolute atomic E-state index is 4.42. The highest BCUT2D eigenvalue weighted by molar-refractivity contribution is 5.03. The molecule has 1 atom stereocenters. The molecule has 0 spiro atoms.